The summed E-state index contributed by atoms with van der Waals surface area (Å²) in [5, 5.41) is 0. The van der Waals surface area contributed by atoms with Crippen molar-refractivity contribution >= 4 is 0 Å². The minimum atomic E-state index is 0.488. The van der Waals surface area contributed by atoms with E-state index in [0.717, 1.165) is 26.2 Å². The summed E-state index contributed by atoms with van der Waals surface area (Å²) in [4.78, 5) is 0. The second-order valence-electron chi connectivity index (χ2n) is 6.10. The highest BCUT2D eigenvalue weighted by Gasteiger charge is 2.08. The molecule has 0 aromatic rings. The topological polar surface area (TPSA) is 18.5 Å². The standard InChI is InChI=1S/C19H40O2/c1-4-7-9-10-11-12-13-16-19(15-8-5-2)21-18-14-17-20-6-3/h19H,4-18H2,1-3H3. The molecule has 128 valence electrons. The highest BCUT2D eigenvalue weighted by Crippen LogP contribution is 2.15. The summed E-state index contributed by atoms with van der Waals surface area (Å²) in [6.07, 6.45) is 16.3. The Kier molecular flexibility index (Phi) is 17.9. The van der Waals surface area contributed by atoms with Crippen LogP contribution in [-0.4, -0.2) is 25.9 Å². The van der Waals surface area contributed by atoms with Gasteiger partial charge in [-0.05, 0) is 26.2 Å². The summed E-state index contributed by atoms with van der Waals surface area (Å²) in [5.74, 6) is 0. The first-order chi connectivity index (χ1) is 10.3. The van der Waals surface area contributed by atoms with E-state index < -0.39 is 0 Å². The summed E-state index contributed by atoms with van der Waals surface area (Å²) < 4.78 is 11.4. The van der Waals surface area contributed by atoms with Gasteiger partial charge in [-0.25, -0.2) is 0 Å². The third-order valence-corrected chi connectivity index (χ3v) is 4.00. The fourth-order valence-corrected chi connectivity index (χ4v) is 2.63. The smallest absolute Gasteiger partial charge is 0.0575 e. The van der Waals surface area contributed by atoms with Crippen LogP contribution in [0.2, 0.25) is 0 Å². The molecule has 0 radical (unpaired) electrons. The quantitative estimate of drug-likeness (QED) is 0.301. The average Bonchev–Trinajstić information content (AvgIpc) is 2.50. The number of hydrogen-bond acceptors (Lipinski definition) is 2. The van der Waals surface area contributed by atoms with Gasteiger partial charge in [0.25, 0.3) is 0 Å². The van der Waals surface area contributed by atoms with E-state index in [9.17, 15) is 0 Å². The first-order valence-electron chi connectivity index (χ1n) is 9.54. The Bertz CT molecular complexity index is 182. The summed E-state index contributed by atoms with van der Waals surface area (Å²) in [6.45, 7) is 9.11. The van der Waals surface area contributed by atoms with E-state index >= 15 is 0 Å². The third-order valence-electron chi connectivity index (χ3n) is 4.00. The average molecular weight is 301 g/mol. The lowest BCUT2D eigenvalue weighted by Gasteiger charge is -2.17. The molecule has 0 spiro atoms. The maximum absolute atomic E-state index is 6.06. The maximum atomic E-state index is 6.06. The van der Waals surface area contributed by atoms with E-state index in [1.54, 1.807) is 0 Å². The van der Waals surface area contributed by atoms with Gasteiger partial charge in [0.15, 0.2) is 0 Å². The van der Waals surface area contributed by atoms with Crippen molar-refractivity contribution in [2.75, 3.05) is 19.8 Å². The van der Waals surface area contributed by atoms with Gasteiger partial charge in [-0.15, -0.1) is 0 Å². The molecule has 0 saturated carbocycles. The molecule has 0 saturated heterocycles. The van der Waals surface area contributed by atoms with Gasteiger partial charge in [-0.2, -0.15) is 0 Å². The van der Waals surface area contributed by atoms with Crippen LogP contribution in [0.3, 0.4) is 0 Å². The van der Waals surface area contributed by atoms with E-state index in [-0.39, 0.29) is 0 Å². The summed E-state index contributed by atoms with van der Waals surface area (Å²) in [5.41, 5.74) is 0. The Morgan fingerprint density at radius 1 is 0.619 bits per heavy atom. The summed E-state index contributed by atoms with van der Waals surface area (Å²) in [6, 6.07) is 0. The molecule has 2 nitrogen and oxygen atoms in total. The number of hydrogen-bond donors (Lipinski definition) is 0. The van der Waals surface area contributed by atoms with Gasteiger partial charge in [-0.1, -0.05) is 71.6 Å². The monoisotopic (exact) mass is 300 g/mol. The van der Waals surface area contributed by atoms with Crippen LogP contribution >= 0.6 is 0 Å². The molecule has 0 N–H and O–H groups in total. The molecule has 0 fully saturated rings. The van der Waals surface area contributed by atoms with E-state index in [1.165, 1.54) is 70.6 Å². The molecule has 0 amide bonds. The van der Waals surface area contributed by atoms with Gasteiger partial charge in [0, 0.05) is 19.8 Å². The molecule has 0 heterocycles. The first kappa shape index (κ1) is 20.9. The van der Waals surface area contributed by atoms with Crippen LogP contribution in [0.25, 0.3) is 0 Å². The van der Waals surface area contributed by atoms with E-state index in [0.29, 0.717) is 6.10 Å². The van der Waals surface area contributed by atoms with E-state index in [4.69, 9.17) is 9.47 Å². The maximum Gasteiger partial charge on any atom is 0.0575 e. The molecular weight excluding hydrogens is 260 g/mol. The molecule has 0 aliphatic heterocycles. The van der Waals surface area contributed by atoms with Crippen molar-refractivity contribution < 1.29 is 9.47 Å². The van der Waals surface area contributed by atoms with Crippen molar-refractivity contribution in [2.24, 2.45) is 0 Å². The zero-order chi connectivity index (χ0) is 15.6. The normalized spacial score (nSPS) is 12.7. The molecule has 0 aromatic heterocycles. The lowest BCUT2D eigenvalue weighted by molar-refractivity contribution is 0.0231. The van der Waals surface area contributed by atoms with Gasteiger partial charge in [0.1, 0.15) is 0 Å². The van der Waals surface area contributed by atoms with Crippen molar-refractivity contribution in [3.63, 3.8) is 0 Å². The molecule has 0 rings (SSSR count). The first-order valence-corrected chi connectivity index (χ1v) is 9.54. The van der Waals surface area contributed by atoms with E-state index in [1.807, 2.05) is 6.92 Å². The number of unbranched alkanes of at least 4 members (excludes halogenated alkanes) is 7. The number of rotatable bonds is 17. The summed E-state index contributed by atoms with van der Waals surface area (Å²) in [7, 11) is 0. The fraction of sp³-hybridized carbons (Fsp3) is 1.00. The highest BCUT2D eigenvalue weighted by atomic mass is 16.5. The van der Waals surface area contributed by atoms with Crippen molar-refractivity contribution in [3.05, 3.63) is 0 Å². The fourth-order valence-electron chi connectivity index (χ4n) is 2.63. The zero-order valence-electron chi connectivity index (χ0n) is 15.0. The van der Waals surface area contributed by atoms with Crippen molar-refractivity contribution in [2.45, 2.75) is 104 Å². The van der Waals surface area contributed by atoms with Crippen LogP contribution in [-0.2, 0) is 9.47 Å². The molecule has 21 heavy (non-hydrogen) atoms. The van der Waals surface area contributed by atoms with Crippen LogP contribution < -0.4 is 0 Å². The van der Waals surface area contributed by atoms with Crippen molar-refractivity contribution in [3.8, 4) is 0 Å². The van der Waals surface area contributed by atoms with Crippen molar-refractivity contribution in [1.29, 1.82) is 0 Å². The van der Waals surface area contributed by atoms with Crippen LogP contribution in [0.15, 0.2) is 0 Å². The van der Waals surface area contributed by atoms with Gasteiger partial charge < -0.3 is 9.47 Å². The molecule has 1 unspecified atom stereocenters. The molecule has 0 bridgehead atoms. The number of ether oxygens (including phenoxy) is 2. The molecule has 0 aliphatic rings. The Morgan fingerprint density at radius 2 is 1.24 bits per heavy atom. The third kappa shape index (κ3) is 16.1. The second-order valence-corrected chi connectivity index (χ2v) is 6.10. The SMILES string of the molecule is CCCCCCCCCC(CCCC)OCCCOCC. The minimum Gasteiger partial charge on any atom is -0.382 e. The molecule has 0 aromatic carbocycles. The van der Waals surface area contributed by atoms with Crippen LogP contribution in [0.4, 0.5) is 0 Å². The van der Waals surface area contributed by atoms with Crippen LogP contribution in [0.5, 0.6) is 0 Å². The lowest BCUT2D eigenvalue weighted by Crippen LogP contribution is -2.15. The van der Waals surface area contributed by atoms with Gasteiger partial charge in [0.2, 0.25) is 0 Å². The largest absolute Gasteiger partial charge is 0.382 e. The lowest BCUT2D eigenvalue weighted by atomic mass is 10.0. The van der Waals surface area contributed by atoms with Gasteiger partial charge in [0.05, 0.1) is 6.10 Å². The highest BCUT2D eigenvalue weighted by molar-refractivity contribution is 4.59. The van der Waals surface area contributed by atoms with Crippen LogP contribution in [0, 0.1) is 0 Å². The van der Waals surface area contributed by atoms with E-state index in [2.05, 4.69) is 13.8 Å². The minimum absolute atomic E-state index is 0.488. The molecule has 2 heteroatoms. The second kappa shape index (κ2) is 18.0. The van der Waals surface area contributed by atoms with Gasteiger partial charge >= 0.3 is 0 Å². The Morgan fingerprint density at radius 3 is 1.90 bits per heavy atom. The molecular formula is C19H40O2. The zero-order valence-corrected chi connectivity index (χ0v) is 15.0. The van der Waals surface area contributed by atoms with Gasteiger partial charge in [-0.3, -0.25) is 0 Å². The summed E-state index contributed by atoms with van der Waals surface area (Å²) >= 11 is 0. The molecule has 0 aliphatic carbocycles. The van der Waals surface area contributed by atoms with Crippen LogP contribution in [0.1, 0.15) is 97.8 Å². The predicted octanol–water partition coefficient (Wildman–Crippen LogP) is 6.13. The molecule has 1 atom stereocenters. The Labute approximate surface area is 134 Å². The predicted molar refractivity (Wildman–Crippen MR) is 93.0 cm³/mol. The van der Waals surface area contributed by atoms with Crippen molar-refractivity contribution in [1.82, 2.24) is 0 Å². The Hall–Kier alpha value is -0.0800. The Balaban J connectivity index is 3.55.